The van der Waals surface area contributed by atoms with Crippen molar-refractivity contribution in [3.8, 4) is 11.1 Å². The fourth-order valence-electron chi connectivity index (χ4n) is 4.78. The van der Waals surface area contributed by atoms with E-state index in [0.717, 1.165) is 53.3 Å². The molecule has 1 unspecified atom stereocenters. The summed E-state index contributed by atoms with van der Waals surface area (Å²) in [5.41, 5.74) is 4.67. The van der Waals surface area contributed by atoms with E-state index in [1.165, 1.54) is 11.1 Å². The minimum absolute atomic E-state index is 0.249. The number of carboxylic acids is 1. The van der Waals surface area contributed by atoms with Crippen molar-refractivity contribution in [1.29, 1.82) is 5.41 Å². The number of aryl methyl sites for hydroxylation is 1. The molecule has 2 aliphatic rings. The van der Waals surface area contributed by atoms with Crippen LogP contribution >= 0.6 is 22.6 Å². The topological polar surface area (TPSA) is 87.8 Å². The molecule has 0 amide bonds. The molecule has 2 aliphatic heterocycles. The molecule has 0 radical (unpaired) electrons. The molecule has 0 spiro atoms. The van der Waals surface area contributed by atoms with Gasteiger partial charge in [0.05, 0.1) is 3.70 Å². The average molecular weight is 588 g/mol. The number of nitrogens with one attached hydrogen (secondary N) is 2. The molecule has 1 aromatic heterocycles. The van der Waals surface area contributed by atoms with Crippen LogP contribution in [0.1, 0.15) is 28.5 Å². The largest absolute Gasteiger partial charge is 0.477 e. The van der Waals surface area contributed by atoms with Gasteiger partial charge in [-0.1, -0.05) is 18.7 Å². The maximum atomic E-state index is 11.5. The molecule has 9 heteroatoms. The van der Waals surface area contributed by atoms with Crippen LogP contribution in [0.3, 0.4) is 0 Å². The minimum atomic E-state index is -0.931. The van der Waals surface area contributed by atoms with Crippen molar-refractivity contribution < 1.29 is 9.90 Å². The lowest BCUT2D eigenvalue weighted by molar-refractivity contribution is 0.0686. The normalized spacial score (nSPS) is 18.9. The molecule has 1 aromatic carbocycles. The summed E-state index contributed by atoms with van der Waals surface area (Å²) >= 11 is 2.17. The van der Waals surface area contributed by atoms with Gasteiger partial charge in [0.1, 0.15) is 17.4 Å². The Bertz CT molecular complexity index is 1180. The third-order valence-electron chi connectivity index (χ3n) is 6.84. The number of piperazine rings is 1. The molecular formula is C26H33IN6O2. The third-order valence-corrected chi connectivity index (χ3v) is 7.11. The predicted octanol–water partition coefficient (Wildman–Crippen LogP) is 3.70. The Balaban J connectivity index is 1.61. The lowest BCUT2D eigenvalue weighted by atomic mass is 9.92. The molecule has 1 atom stereocenters. The van der Waals surface area contributed by atoms with Crippen LogP contribution in [-0.2, 0) is 20.0 Å². The van der Waals surface area contributed by atoms with Crippen molar-refractivity contribution in [2.75, 3.05) is 33.2 Å². The molecule has 186 valence electrons. The van der Waals surface area contributed by atoms with Gasteiger partial charge in [0, 0.05) is 63.6 Å². The highest BCUT2D eigenvalue weighted by atomic mass is 127. The Morgan fingerprint density at radius 1 is 1.17 bits per heavy atom. The molecule has 3 heterocycles. The Hall–Kier alpha value is -2.79. The number of hydrogen-bond donors (Lipinski definition) is 3. The highest BCUT2D eigenvalue weighted by Crippen LogP contribution is 2.31. The lowest BCUT2D eigenvalue weighted by Gasteiger charge is -2.39. The SMILES string of the molecule is C=C(I)NC(=CC(=N)N1CCN(C)CC1)N1Cc2cc(-c3cc(C(=O)O)n(C)c3)ccc2CC1C. The number of carbonyl (C=O) groups is 1. The monoisotopic (exact) mass is 588 g/mol. The molecule has 1 fully saturated rings. The molecule has 0 aliphatic carbocycles. The highest BCUT2D eigenvalue weighted by molar-refractivity contribution is 14.1. The lowest BCUT2D eigenvalue weighted by Crippen LogP contribution is -2.47. The van der Waals surface area contributed by atoms with Gasteiger partial charge in [0.2, 0.25) is 0 Å². The first-order chi connectivity index (χ1) is 16.6. The molecule has 8 nitrogen and oxygen atoms in total. The fourth-order valence-corrected chi connectivity index (χ4v) is 5.05. The molecular weight excluding hydrogens is 555 g/mol. The number of likely N-dealkylation sites (N-methyl/N-ethyl adjacent to an activating group) is 1. The van der Waals surface area contributed by atoms with E-state index in [1.807, 2.05) is 12.3 Å². The fraction of sp³-hybridized carbons (Fsp3) is 0.385. The van der Waals surface area contributed by atoms with Gasteiger partial charge in [-0.05, 0) is 71.8 Å². The zero-order valence-corrected chi connectivity index (χ0v) is 22.7. The van der Waals surface area contributed by atoms with Crippen molar-refractivity contribution in [2.45, 2.75) is 25.9 Å². The number of benzene rings is 1. The number of fused-ring (bicyclic) bond motifs is 1. The summed E-state index contributed by atoms with van der Waals surface area (Å²) in [6.45, 7) is 10.5. The molecule has 4 rings (SSSR count). The van der Waals surface area contributed by atoms with Crippen molar-refractivity contribution in [3.63, 3.8) is 0 Å². The van der Waals surface area contributed by atoms with Gasteiger partial charge < -0.3 is 29.7 Å². The van der Waals surface area contributed by atoms with E-state index in [0.29, 0.717) is 12.4 Å². The van der Waals surface area contributed by atoms with Gasteiger partial charge in [-0.3, -0.25) is 5.41 Å². The number of halogens is 1. The summed E-state index contributed by atoms with van der Waals surface area (Å²) in [6.07, 6.45) is 4.68. The van der Waals surface area contributed by atoms with Crippen molar-refractivity contribution in [2.24, 2.45) is 7.05 Å². The number of hydrogen-bond acceptors (Lipinski definition) is 5. The van der Waals surface area contributed by atoms with Gasteiger partial charge in [0.25, 0.3) is 0 Å². The van der Waals surface area contributed by atoms with Crippen LogP contribution < -0.4 is 5.32 Å². The zero-order valence-electron chi connectivity index (χ0n) is 20.5. The molecule has 0 bridgehead atoms. The van der Waals surface area contributed by atoms with E-state index in [-0.39, 0.29) is 11.7 Å². The molecule has 3 N–H and O–H groups in total. The molecule has 1 saturated heterocycles. The number of aromatic carboxylic acids is 1. The summed E-state index contributed by atoms with van der Waals surface area (Å²) < 4.78 is 2.45. The first kappa shape index (κ1) is 25.3. The van der Waals surface area contributed by atoms with Crippen LogP contribution in [0.15, 0.2) is 52.6 Å². The minimum Gasteiger partial charge on any atom is -0.477 e. The summed E-state index contributed by atoms with van der Waals surface area (Å²) in [5, 5.41) is 21.6. The van der Waals surface area contributed by atoms with E-state index >= 15 is 0 Å². The molecule has 35 heavy (non-hydrogen) atoms. The number of carboxylic acid groups (broad SMARTS) is 1. The maximum Gasteiger partial charge on any atom is 0.352 e. The highest BCUT2D eigenvalue weighted by Gasteiger charge is 2.26. The van der Waals surface area contributed by atoms with Crippen LogP contribution in [0.25, 0.3) is 11.1 Å². The maximum absolute atomic E-state index is 11.5. The second kappa shape index (κ2) is 10.4. The van der Waals surface area contributed by atoms with Gasteiger partial charge in [-0.15, -0.1) is 0 Å². The van der Waals surface area contributed by atoms with E-state index < -0.39 is 5.97 Å². The Morgan fingerprint density at radius 3 is 2.51 bits per heavy atom. The number of aromatic nitrogens is 1. The van der Waals surface area contributed by atoms with Gasteiger partial charge in [0.15, 0.2) is 0 Å². The van der Waals surface area contributed by atoms with E-state index in [4.69, 9.17) is 5.41 Å². The molecule has 0 saturated carbocycles. The van der Waals surface area contributed by atoms with Crippen LogP contribution in [0.2, 0.25) is 0 Å². The predicted molar refractivity (Wildman–Crippen MR) is 148 cm³/mol. The first-order valence-electron chi connectivity index (χ1n) is 11.8. The van der Waals surface area contributed by atoms with Gasteiger partial charge in [-0.25, -0.2) is 4.79 Å². The third kappa shape index (κ3) is 5.72. The summed E-state index contributed by atoms with van der Waals surface area (Å²) in [5.74, 6) is 0.458. The average Bonchev–Trinajstić information content (AvgIpc) is 3.20. The number of nitrogens with zero attached hydrogens (tertiary/aromatic N) is 4. The van der Waals surface area contributed by atoms with Crippen LogP contribution in [0, 0.1) is 5.41 Å². The van der Waals surface area contributed by atoms with Gasteiger partial charge >= 0.3 is 5.97 Å². The summed E-state index contributed by atoms with van der Waals surface area (Å²) in [6, 6.07) is 8.37. The van der Waals surface area contributed by atoms with Crippen molar-refractivity contribution in [3.05, 3.63) is 69.5 Å². The summed E-state index contributed by atoms with van der Waals surface area (Å²) in [4.78, 5) is 18.2. The van der Waals surface area contributed by atoms with E-state index in [9.17, 15) is 9.90 Å². The van der Waals surface area contributed by atoms with Crippen LogP contribution in [0.5, 0.6) is 0 Å². The van der Waals surface area contributed by atoms with E-state index in [2.05, 4.69) is 81.4 Å². The van der Waals surface area contributed by atoms with E-state index in [1.54, 1.807) is 17.7 Å². The Kier molecular flexibility index (Phi) is 7.56. The molecule has 2 aromatic rings. The zero-order chi connectivity index (χ0) is 25.3. The quantitative estimate of drug-likeness (QED) is 0.207. The first-order valence-corrected chi connectivity index (χ1v) is 12.8. The number of amidine groups is 1. The van der Waals surface area contributed by atoms with Crippen LogP contribution in [0.4, 0.5) is 0 Å². The Labute approximate surface area is 220 Å². The second-order valence-electron chi connectivity index (χ2n) is 9.43. The van der Waals surface area contributed by atoms with Crippen molar-refractivity contribution >= 4 is 34.4 Å². The van der Waals surface area contributed by atoms with Crippen LogP contribution in [-0.4, -0.2) is 75.4 Å². The smallest absolute Gasteiger partial charge is 0.352 e. The summed E-state index contributed by atoms with van der Waals surface area (Å²) in [7, 11) is 3.87. The van der Waals surface area contributed by atoms with Crippen molar-refractivity contribution in [1.82, 2.24) is 24.6 Å². The Morgan fingerprint density at radius 2 is 1.89 bits per heavy atom. The second-order valence-corrected chi connectivity index (χ2v) is 10.7. The standard InChI is InChI=1S/C26H33IN6O2/c1-17-11-19-5-6-20(22-13-23(26(34)35)31(4)15-22)12-21(19)16-33(17)25(29-18(2)27)14-24(28)32-9-7-30(3)8-10-32/h5-6,12-15,17,28-29H,2,7-11,16H2,1,3-4H3,(H,34,35). The van der Waals surface area contributed by atoms with Gasteiger partial charge in [-0.2, -0.15) is 0 Å². The number of rotatable bonds is 6.